The van der Waals surface area contributed by atoms with E-state index in [4.69, 9.17) is 16.3 Å². The molecule has 0 bridgehead atoms. The van der Waals surface area contributed by atoms with Crippen LogP contribution in [0.3, 0.4) is 0 Å². The number of hydrogen-bond donors (Lipinski definition) is 1. The first-order valence-electron chi connectivity index (χ1n) is 9.21. The van der Waals surface area contributed by atoms with Crippen molar-refractivity contribution < 1.29 is 4.74 Å². The lowest BCUT2D eigenvalue weighted by atomic mass is 10.1. The minimum Gasteiger partial charge on any atom is -0.487 e. The molecule has 0 saturated carbocycles. The minimum absolute atomic E-state index is 0.210. The Labute approximate surface area is 177 Å². The zero-order valence-electron chi connectivity index (χ0n) is 15.8. The number of fused-ring (bicyclic) bond motifs is 1. The summed E-state index contributed by atoms with van der Waals surface area (Å²) in [6, 6.07) is 24.1. The zero-order chi connectivity index (χ0) is 20.9. The van der Waals surface area contributed by atoms with Crippen LogP contribution in [0.5, 0.6) is 5.75 Å². The number of aromatic amines is 1. The Balaban J connectivity index is 1.61. The van der Waals surface area contributed by atoms with Crippen LogP contribution in [0, 0.1) is 11.3 Å². The Morgan fingerprint density at radius 1 is 1.10 bits per heavy atom. The maximum atomic E-state index is 12.3. The predicted octanol–water partition coefficient (Wildman–Crippen LogP) is 5.22. The number of benzene rings is 3. The Kier molecular flexibility index (Phi) is 5.60. The van der Waals surface area contributed by atoms with Gasteiger partial charge in [0, 0.05) is 0 Å². The Hall–Kier alpha value is -3.88. The highest BCUT2D eigenvalue weighted by atomic mass is 35.5. The molecule has 0 aliphatic carbocycles. The van der Waals surface area contributed by atoms with Crippen LogP contribution in [-0.4, -0.2) is 9.97 Å². The molecule has 0 saturated heterocycles. The molecule has 0 fully saturated rings. The molecule has 6 heteroatoms. The summed E-state index contributed by atoms with van der Waals surface area (Å²) in [5, 5.41) is 10.5. The Morgan fingerprint density at radius 2 is 1.87 bits per heavy atom. The molecule has 0 amide bonds. The fourth-order valence-electron chi connectivity index (χ4n) is 2.99. The molecule has 0 spiro atoms. The molecule has 0 radical (unpaired) electrons. The van der Waals surface area contributed by atoms with E-state index in [1.54, 1.807) is 48.5 Å². The number of rotatable bonds is 5. The highest BCUT2D eigenvalue weighted by Gasteiger charge is 2.09. The SMILES string of the molecule is N#C/C(=C/c1ccc(OCc2ccccc2)c(Cl)c1)c1nc2ccccc2c(=O)[nH]1. The number of H-pyrrole nitrogens is 1. The van der Waals surface area contributed by atoms with E-state index >= 15 is 0 Å². The first-order valence-corrected chi connectivity index (χ1v) is 9.59. The quantitative estimate of drug-likeness (QED) is 0.455. The van der Waals surface area contributed by atoms with Crippen LogP contribution in [0.15, 0.2) is 77.6 Å². The van der Waals surface area contributed by atoms with E-state index in [1.165, 1.54) is 0 Å². The molecule has 5 nitrogen and oxygen atoms in total. The lowest BCUT2D eigenvalue weighted by Crippen LogP contribution is -2.11. The summed E-state index contributed by atoms with van der Waals surface area (Å²) >= 11 is 6.36. The summed E-state index contributed by atoms with van der Waals surface area (Å²) < 4.78 is 5.78. The van der Waals surface area contributed by atoms with E-state index in [2.05, 4.69) is 16.0 Å². The third-order valence-corrected chi connectivity index (χ3v) is 4.79. The minimum atomic E-state index is -0.292. The number of nitriles is 1. The van der Waals surface area contributed by atoms with Gasteiger partial charge in [0.15, 0.2) is 5.82 Å². The van der Waals surface area contributed by atoms with Crippen LogP contribution in [-0.2, 0) is 6.61 Å². The van der Waals surface area contributed by atoms with E-state index in [-0.39, 0.29) is 17.0 Å². The van der Waals surface area contributed by atoms with E-state index in [0.29, 0.717) is 33.8 Å². The maximum Gasteiger partial charge on any atom is 0.259 e. The van der Waals surface area contributed by atoms with E-state index in [1.807, 2.05) is 30.3 Å². The van der Waals surface area contributed by atoms with Crippen LogP contribution in [0.2, 0.25) is 5.02 Å². The average molecular weight is 414 g/mol. The standard InChI is InChI=1S/C24H16ClN3O2/c25-20-13-17(10-11-22(20)30-15-16-6-2-1-3-7-16)12-18(14-26)23-27-21-9-5-4-8-19(21)24(29)28-23/h1-13H,15H2,(H,27,28,29)/b18-12-. The number of halogens is 1. The summed E-state index contributed by atoms with van der Waals surface area (Å²) in [4.78, 5) is 19.4. The zero-order valence-corrected chi connectivity index (χ0v) is 16.6. The van der Waals surface area contributed by atoms with Crippen molar-refractivity contribution in [2.24, 2.45) is 0 Å². The molecule has 1 N–H and O–H groups in total. The molecule has 1 aromatic heterocycles. The van der Waals surface area contributed by atoms with Gasteiger partial charge < -0.3 is 9.72 Å². The van der Waals surface area contributed by atoms with Crippen LogP contribution >= 0.6 is 11.6 Å². The largest absolute Gasteiger partial charge is 0.487 e. The highest BCUT2D eigenvalue weighted by Crippen LogP contribution is 2.28. The van der Waals surface area contributed by atoms with Gasteiger partial charge in [0.1, 0.15) is 18.4 Å². The first-order chi connectivity index (χ1) is 14.6. The van der Waals surface area contributed by atoms with Gasteiger partial charge in [-0.25, -0.2) is 4.98 Å². The number of aromatic nitrogens is 2. The Morgan fingerprint density at radius 3 is 2.63 bits per heavy atom. The van der Waals surface area contributed by atoms with Gasteiger partial charge in [-0.15, -0.1) is 0 Å². The first kappa shape index (κ1) is 19.4. The fraction of sp³-hybridized carbons (Fsp3) is 0.0417. The van der Waals surface area contributed by atoms with Crippen molar-refractivity contribution in [1.82, 2.24) is 9.97 Å². The molecule has 4 rings (SSSR count). The second-order valence-electron chi connectivity index (χ2n) is 6.57. The number of nitrogens with zero attached hydrogens (tertiary/aromatic N) is 2. The van der Waals surface area contributed by atoms with E-state index in [9.17, 15) is 10.1 Å². The summed E-state index contributed by atoms with van der Waals surface area (Å²) in [5.41, 5.74) is 2.20. The molecule has 0 aliphatic heterocycles. The van der Waals surface area contributed by atoms with Gasteiger partial charge in [-0.05, 0) is 41.5 Å². The van der Waals surface area contributed by atoms with Crippen LogP contribution in [0.1, 0.15) is 17.0 Å². The highest BCUT2D eigenvalue weighted by molar-refractivity contribution is 6.32. The number of ether oxygens (including phenoxy) is 1. The van der Waals surface area contributed by atoms with Crippen molar-refractivity contribution in [3.05, 3.63) is 105 Å². The third kappa shape index (κ3) is 4.24. The molecule has 3 aromatic carbocycles. The second-order valence-corrected chi connectivity index (χ2v) is 6.97. The van der Waals surface area contributed by atoms with E-state index < -0.39 is 0 Å². The Bertz CT molecular complexity index is 1340. The van der Waals surface area contributed by atoms with Crippen molar-refractivity contribution in [3.8, 4) is 11.8 Å². The molecule has 0 aliphatic rings. The van der Waals surface area contributed by atoms with Crippen LogP contribution in [0.4, 0.5) is 0 Å². The fourth-order valence-corrected chi connectivity index (χ4v) is 3.24. The van der Waals surface area contributed by atoms with Gasteiger partial charge in [-0.1, -0.05) is 60.1 Å². The van der Waals surface area contributed by atoms with Gasteiger partial charge in [-0.3, -0.25) is 4.79 Å². The van der Waals surface area contributed by atoms with Crippen LogP contribution in [0.25, 0.3) is 22.6 Å². The number of hydrogen-bond acceptors (Lipinski definition) is 4. The predicted molar refractivity (Wildman–Crippen MR) is 118 cm³/mol. The molecule has 0 atom stereocenters. The summed E-state index contributed by atoms with van der Waals surface area (Å²) in [6.45, 7) is 0.404. The third-order valence-electron chi connectivity index (χ3n) is 4.49. The number of allylic oxidation sites excluding steroid dienone is 1. The van der Waals surface area contributed by atoms with Crippen molar-refractivity contribution in [2.45, 2.75) is 6.61 Å². The van der Waals surface area contributed by atoms with Gasteiger partial charge in [0.2, 0.25) is 0 Å². The van der Waals surface area contributed by atoms with Crippen molar-refractivity contribution in [1.29, 1.82) is 5.26 Å². The second kappa shape index (κ2) is 8.64. The molecule has 146 valence electrons. The van der Waals surface area contributed by atoms with Gasteiger partial charge in [0.25, 0.3) is 5.56 Å². The average Bonchev–Trinajstić information content (AvgIpc) is 2.77. The van der Waals surface area contributed by atoms with Crippen molar-refractivity contribution in [3.63, 3.8) is 0 Å². The summed E-state index contributed by atoms with van der Waals surface area (Å²) in [7, 11) is 0. The van der Waals surface area contributed by atoms with Crippen LogP contribution < -0.4 is 10.3 Å². The normalized spacial score (nSPS) is 11.3. The van der Waals surface area contributed by atoms with Gasteiger partial charge >= 0.3 is 0 Å². The molecule has 4 aromatic rings. The van der Waals surface area contributed by atoms with Crippen molar-refractivity contribution >= 4 is 34.2 Å². The summed E-state index contributed by atoms with van der Waals surface area (Å²) in [6.07, 6.45) is 1.62. The monoisotopic (exact) mass is 413 g/mol. The molecule has 30 heavy (non-hydrogen) atoms. The number of para-hydroxylation sites is 1. The lowest BCUT2D eigenvalue weighted by molar-refractivity contribution is 0.306. The molecule has 0 unspecified atom stereocenters. The van der Waals surface area contributed by atoms with Gasteiger partial charge in [0.05, 0.1) is 21.5 Å². The molecular formula is C24H16ClN3O2. The molecule has 1 heterocycles. The number of nitrogens with one attached hydrogen (secondary N) is 1. The van der Waals surface area contributed by atoms with E-state index in [0.717, 1.165) is 5.56 Å². The molecular weight excluding hydrogens is 398 g/mol. The topological polar surface area (TPSA) is 78.8 Å². The smallest absolute Gasteiger partial charge is 0.259 e. The summed E-state index contributed by atoms with van der Waals surface area (Å²) in [5.74, 6) is 0.759. The lowest BCUT2D eigenvalue weighted by Gasteiger charge is -2.09. The maximum absolute atomic E-state index is 12.3. The van der Waals surface area contributed by atoms with Gasteiger partial charge in [-0.2, -0.15) is 5.26 Å². The van der Waals surface area contributed by atoms with Crippen molar-refractivity contribution in [2.75, 3.05) is 0 Å².